The summed E-state index contributed by atoms with van der Waals surface area (Å²) < 4.78 is 5.48. The molecule has 0 radical (unpaired) electrons. The number of benzene rings is 1. The van der Waals surface area contributed by atoms with Crippen molar-refractivity contribution >= 4 is 5.69 Å². The van der Waals surface area contributed by atoms with Gasteiger partial charge in [0, 0.05) is 24.9 Å². The van der Waals surface area contributed by atoms with Gasteiger partial charge in [-0.05, 0) is 44.6 Å². The van der Waals surface area contributed by atoms with E-state index in [9.17, 15) is 0 Å². The second-order valence-corrected chi connectivity index (χ2v) is 5.00. The molecule has 94 valence electrons. The van der Waals surface area contributed by atoms with Gasteiger partial charge in [-0.25, -0.2) is 0 Å². The van der Waals surface area contributed by atoms with Gasteiger partial charge in [-0.15, -0.1) is 0 Å². The highest BCUT2D eigenvalue weighted by molar-refractivity contribution is 5.46. The molecule has 3 heteroatoms. The van der Waals surface area contributed by atoms with Crippen LogP contribution in [0, 0.1) is 0 Å². The molecular formula is C14H22N2O. The molecule has 0 amide bonds. The van der Waals surface area contributed by atoms with Crippen LogP contribution in [0.1, 0.15) is 18.4 Å². The molecule has 1 aliphatic rings. The summed E-state index contributed by atoms with van der Waals surface area (Å²) in [4.78, 5) is 2.18. The second-order valence-electron chi connectivity index (χ2n) is 5.00. The summed E-state index contributed by atoms with van der Waals surface area (Å²) in [6, 6.07) is 9.12. The SMILES string of the molecule is CN(C)Cc1cccc(NC2CCCOC2)c1. The third-order valence-electron chi connectivity index (χ3n) is 2.96. The van der Waals surface area contributed by atoms with E-state index in [4.69, 9.17) is 4.74 Å². The Hall–Kier alpha value is -1.06. The minimum Gasteiger partial charge on any atom is -0.380 e. The minimum absolute atomic E-state index is 0.471. The fourth-order valence-corrected chi connectivity index (χ4v) is 2.21. The van der Waals surface area contributed by atoms with Gasteiger partial charge in [0.15, 0.2) is 0 Å². The van der Waals surface area contributed by atoms with Crippen molar-refractivity contribution in [3.63, 3.8) is 0 Å². The van der Waals surface area contributed by atoms with Crippen molar-refractivity contribution in [3.05, 3.63) is 29.8 Å². The van der Waals surface area contributed by atoms with Crippen molar-refractivity contribution in [2.24, 2.45) is 0 Å². The van der Waals surface area contributed by atoms with E-state index < -0.39 is 0 Å². The fraction of sp³-hybridized carbons (Fsp3) is 0.571. The van der Waals surface area contributed by atoms with Crippen LogP contribution in [0.2, 0.25) is 0 Å². The van der Waals surface area contributed by atoms with Crippen LogP contribution in [-0.2, 0) is 11.3 Å². The van der Waals surface area contributed by atoms with Gasteiger partial charge in [0.05, 0.1) is 6.61 Å². The van der Waals surface area contributed by atoms with Crippen LogP contribution in [0.4, 0.5) is 5.69 Å². The molecule has 1 aromatic rings. The number of rotatable bonds is 4. The predicted octanol–water partition coefficient (Wildman–Crippen LogP) is 2.34. The summed E-state index contributed by atoms with van der Waals surface area (Å²) >= 11 is 0. The van der Waals surface area contributed by atoms with Crippen LogP contribution in [0.15, 0.2) is 24.3 Å². The van der Waals surface area contributed by atoms with E-state index in [0.717, 1.165) is 26.2 Å². The lowest BCUT2D eigenvalue weighted by Crippen LogP contribution is -2.29. The summed E-state index contributed by atoms with van der Waals surface area (Å²) in [6.07, 6.45) is 2.37. The molecule has 1 N–H and O–H groups in total. The molecule has 1 aliphatic heterocycles. The summed E-state index contributed by atoms with van der Waals surface area (Å²) in [5.41, 5.74) is 2.55. The molecule has 1 unspecified atom stereocenters. The van der Waals surface area contributed by atoms with Crippen LogP contribution in [-0.4, -0.2) is 38.3 Å². The topological polar surface area (TPSA) is 24.5 Å². The van der Waals surface area contributed by atoms with Crippen molar-refractivity contribution in [1.29, 1.82) is 0 Å². The van der Waals surface area contributed by atoms with Gasteiger partial charge < -0.3 is 15.0 Å². The molecule has 1 saturated heterocycles. The van der Waals surface area contributed by atoms with E-state index >= 15 is 0 Å². The highest BCUT2D eigenvalue weighted by Crippen LogP contribution is 2.16. The first-order valence-electron chi connectivity index (χ1n) is 6.32. The van der Waals surface area contributed by atoms with Gasteiger partial charge in [-0.3, -0.25) is 0 Å². The second kappa shape index (κ2) is 6.03. The molecule has 0 bridgehead atoms. The molecule has 0 spiro atoms. The summed E-state index contributed by atoms with van der Waals surface area (Å²) in [7, 11) is 4.18. The molecule has 1 atom stereocenters. The first-order chi connectivity index (χ1) is 8.24. The molecule has 0 saturated carbocycles. The molecule has 1 aromatic carbocycles. The maximum atomic E-state index is 5.48. The van der Waals surface area contributed by atoms with E-state index in [1.54, 1.807) is 0 Å². The van der Waals surface area contributed by atoms with Gasteiger partial charge in [-0.2, -0.15) is 0 Å². The Labute approximate surface area is 104 Å². The number of nitrogens with zero attached hydrogens (tertiary/aromatic N) is 1. The zero-order valence-electron chi connectivity index (χ0n) is 10.8. The van der Waals surface area contributed by atoms with Crippen molar-refractivity contribution < 1.29 is 4.74 Å². The lowest BCUT2D eigenvalue weighted by molar-refractivity contribution is 0.0876. The molecule has 2 rings (SSSR count). The average molecular weight is 234 g/mol. The molecule has 0 aliphatic carbocycles. The predicted molar refractivity (Wildman–Crippen MR) is 71.3 cm³/mol. The smallest absolute Gasteiger partial charge is 0.0667 e. The molecular weight excluding hydrogens is 212 g/mol. The van der Waals surface area contributed by atoms with Crippen molar-refractivity contribution in [2.75, 3.05) is 32.6 Å². The maximum absolute atomic E-state index is 5.48. The fourth-order valence-electron chi connectivity index (χ4n) is 2.21. The summed E-state index contributed by atoms with van der Waals surface area (Å²) in [5.74, 6) is 0. The van der Waals surface area contributed by atoms with E-state index in [-0.39, 0.29) is 0 Å². The number of ether oxygens (including phenoxy) is 1. The zero-order valence-corrected chi connectivity index (χ0v) is 10.8. The first-order valence-corrected chi connectivity index (χ1v) is 6.32. The Morgan fingerprint density at radius 2 is 2.29 bits per heavy atom. The quantitative estimate of drug-likeness (QED) is 0.865. The Morgan fingerprint density at radius 1 is 1.41 bits per heavy atom. The molecule has 17 heavy (non-hydrogen) atoms. The normalized spacial score (nSPS) is 20.5. The highest BCUT2D eigenvalue weighted by Gasteiger charge is 2.13. The Kier molecular flexibility index (Phi) is 4.40. The maximum Gasteiger partial charge on any atom is 0.0667 e. The summed E-state index contributed by atoms with van der Waals surface area (Å²) in [6.45, 7) is 2.73. The van der Waals surface area contributed by atoms with Crippen LogP contribution in [0.25, 0.3) is 0 Å². The third-order valence-corrected chi connectivity index (χ3v) is 2.96. The Morgan fingerprint density at radius 3 is 3.00 bits per heavy atom. The molecule has 1 heterocycles. The summed E-state index contributed by atoms with van der Waals surface area (Å²) in [5, 5.41) is 3.55. The van der Waals surface area contributed by atoms with E-state index in [0.29, 0.717) is 6.04 Å². The van der Waals surface area contributed by atoms with Crippen LogP contribution >= 0.6 is 0 Å². The largest absolute Gasteiger partial charge is 0.380 e. The van der Waals surface area contributed by atoms with Crippen LogP contribution in [0.5, 0.6) is 0 Å². The molecule has 0 aromatic heterocycles. The lowest BCUT2D eigenvalue weighted by atomic mass is 10.1. The van der Waals surface area contributed by atoms with Gasteiger partial charge in [0.1, 0.15) is 0 Å². The van der Waals surface area contributed by atoms with Crippen LogP contribution < -0.4 is 5.32 Å². The highest BCUT2D eigenvalue weighted by atomic mass is 16.5. The minimum atomic E-state index is 0.471. The number of nitrogens with one attached hydrogen (secondary N) is 1. The average Bonchev–Trinajstić information content (AvgIpc) is 2.30. The van der Waals surface area contributed by atoms with E-state index in [1.807, 2.05) is 0 Å². The third kappa shape index (κ3) is 4.02. The van der Waals surface area contributed by atoms with E-state index in [2.05, 4.69) is 48.6 Å². The number of anilines is 1. The standard InChI is InChI=1S/C14H22N2O/c1-16(2)10-12-5-3-6-13(9-12)15-14-7-4-8-17-11-14/h3,5-6,9,14-15H,4,7-8,10-11H2,1-2H3. The molecule has 1 fully saturated rings. The Bertz CT molecular complexity index is 346. The molecule has 3 nitrogen and oxygen atoms in total. The number of hydrogen-bond donors (Lipinski definition) is 1. The van der Waals surface area contributed by atoms with Crippen molar-refractivity contribution in [2.45, 2.75) is 25.4 Å². The van der Waals surface area contributed by atoms with E-state index in [1.165, 1.54) is 17.7 Å². The monoisotopic (exact) mass is 234 g/mol. The number of hydrogen-bond acceptors (Lipinski definition) is 3. The zero-order chi connectivity index (χ0) is 12.1. The van der Waals surface area contributed by atoms with Gasteiger partial charge in [0.25, 0.3) is 0 Å². The van der Waals surface area contributed by atoms with Gasteiger partial charge in [0.2, 0.25) is 0 Å². The lowest BCUT2D eigenvalue weighted by Gasteiger charge is -2.24. The van der Waals surface area contributed by atoms with Crippen molar-refractivity contribution in [1.82, 2.24) is 4.90 Å². The van der Waals surface area contributed by atoms with Gasteiger partial charge >= 0.3 is 0 Å². The van der Waals surface area contributed by atoms with Crippen molar-refractivity contribution in [3.8, 4) is 0 Å². The Balaban J connectivity index is 1.95. The first kappa shape index (κ1) is 12.4. The van der Waals surface area contributed by atoms with Gasteiger partial charge in [-0.1, -0.05) is 12.1 Å². The van der Waals surface area contributed by atoms with Crippen LogP contribution in [0.3, 0.4) is 0 Å².